The zero-order chi connectivity index (χ0) is 26.6. The number of aromatic nitrogens is 2. The molecule has 1 aromatic carbocycles. The van der Waals surface area contributed by atoms with E-state index in [1.54, 1.807) is 9.80 Å². The van der Waals surface area contributed by atoms with Crippen molar-refractivity contribution in [1.29, 1.82) is 0 Å². The van der Waals surface area contributed by atoms with E-state index in [4.69, 9.17) is 4.74 Å². The Morgan fingerprint density at radius 2 is 1.89 bits per heavy atom. The van der Waals surface area contributed by atoms with Crippen LogP contribution in [-0.4, -0.2) is 79.6 Å². The lowest BCUT2D eigenvalue weighted by Gasteiger charge is -2.37. The van der Waals surface area contributed by atoms with E-state index in [9.17, 15) is 18.0 Å². The van der Waals surface area contributed by atoms with E-state index < -0.39 is 35.2 Å². The fourth-order valence-corrected chi connectivity index (χ4v) is 4.49. The van der Waals surface area contributed by atoms with Crippen molar-refractivity contribution >= 4 is 17.6 Å². The van der Waals surface area contributed by atoms with Crippen LogP contribution in [0.3, 0.4) is 0 Å². The van der Waals surface area contributed by atoms with Gasteiger partial charge in [-0.1, -0.05) is 12.1 Å². The summed E-state index contributed by atoms with van der Waals surface area (Å²) in [6.07, 6.45) is -3.01. The Morgan fingerprint density at radius 1 is 1.19 bits per heavy atom. The standard InChI is InChI=1S/C24H28F5N5O3/c1-36-19(35)12-33-8-6-23(26,7-9-33)14-30-21-20(25)22(32-15-31-21)34-10-11-37-13-18(34)16-2-4-17(5-3-16)24(27,28)29/h2-5,15,18H,6-14H2,1H3,(H,30,31,32)/t18-/m1/s1. The number of carbonyl (C=O) groups excluding carboxylic acids is 1. The van der Waals surface area contributed by atoms with Crippen LogP contribution in [0, 0.1) is 5.82 Å². The van der Waals surface area contributed by atoms with E-state index in [0.29, 0.717) is 18.7 Å². The Morgan fingerprint density at radius 3 is 2.54 bits per heavy atom. The number of methoxy groups -OCH3 is 1. The van der Waals surface area contributed by atoms with Gasteiger partial charge in [-0.25, -0.2) is 14.4 Å². The van der Waals surface area contributed by atoms with Crippen LogP contribution in [0.1, 0.15) is 30.0 Å². The molecule has 3 heterocycles. The van der Waals surface area contributed by atoms with Crippen molar-refractivity contribution in [3.8, 4) is 0 Å². The van der Waals surface area contributed by atoms with E-state index in [1.165, 1.54) is 19.2 Å². The average Bonchev–Trinajstić information content (AvgIpc) is 2.89. The molecular formula is C24H28F5N5O3. The molecule has 202 valence electrons. The lowest BCUT2D eigenvalue weighted by molar-refractivity contribution is -0.142. The second-order valence-corrected chi connectivity index (χ2v) is 9.12. The summed E-state index contributed by atoms with van der Waals surface area (Å²) in [5, 5.41) is 2.75. The van der Waals surface area contributed by atoms with Gasteiger partial charge in [-0.15, -0.1) is 0 Å². The number of esters is 1. The summed E-state index contributed by atoms with van der Waals surface area (Å²) in [4.78, 5) is 22.9. The predicted octanol–water partition coefficient (Wildman–Crippen LogP) is 3.60. The number of anilines is 2. The number of halogens is 5. The summed E-state index contributed by atoms with van der Waals surface area (Å²) in [6, 6.07) is 4.06. The van der Waals surface area contributed by atoms with Gasteiger partial charge in [0.15, 0.2) is 11.6 Å². The van der Waals surface area contributed by atoms with Crippen LogP contribution < -0.4 is 10.2 Å². The molecule has 2 aliphatic heterocycles. The molecule has 37 heavy (non-hydrogen) atoms. The Kier molecular flexibility index (Phi) is 8.12. The molecule has 8 nitrogen and oxygen atoms in total. The van der Waals surface area contributed by atoms with Crippen molar-refractivity contribution in [3.63, 3.8) is 0 Å². The van der Waals surface area contributed by atoms with Gasteiger partial charge in [0.2, 0.25) is 5.82 Å². The van der Waals surface area contributed by atoms with Crippen molar-refractivity contribution in [2.24, 2.45) is 0 Å². The van der Waals surface area contributed by atoms with Crippen molar-refractivity contribution in [1.82, 2.24) is 14.9 Å². The molecule has 4 rings (SSSR count). The van der Waals surface area contributed by atoms with Crippen LogP contribution in [0.2, 0.25) is 0 Å². The third-order valence-electron chi connectivity index (χ3n) is 6.70. The Labute approximate surface area is 210 Å². The Hall–Kier alpha value is -3.06. The van der Waals surface area contributed by atoms with Crippen LogP contribution >= 0.6 is 0 Å². The van der Waals surface area contributed by atoms with E-state index in [0.717, 1.165) is 18.5 Å². The SMILES string of the molecule is COC(=O)CN1CCC(F)(CNc2ncnc(N3CCOC[C@@H]3c3ccc(C(F)(F)F)cc3)c2F)CC1. The fourth-order valence-electron chi connectivity index (χ4n) is 4.49. The minimum absolute atomic E-state index is 0.0495. The first kappa shape index (κ1) is 27.0. The number of nitrogens with one attached hydrogen (secondary N) is 1. The summed E-state index contributed by atoms with van der Waals surface area (Å²) in [7, 11) is 1.29. The number of carbonyl (C=O) groups is 1. The summed E-state index contributed by atoms with van der Waals surface area (Å²) >= 11 is 0. The first-order valence-electron chi connectivity index (χ1n) is 11.8. The molecule has 2 aromatic rings. The molecule has 1 N–H and O–H groups in total. The molecule has 2 aliphatic rings. The molecule has 0 bridgehead atoms. The van der Waals surface area contributed by atoms with Gasteiger partial charge in [-0.05, 0) is 30.5 Å². The predicted molar refractivity (Wildman–Crippen MR) is 124 cm³/mol. The van der Waals surface area contributed by atoms with Crippen molar-refractivity contribution in [3.05, 3.63) is 47.5 Å². The van der Waals surface area contributed by atoms with Crippen LogP contribution in [0.4, 0.5) is 33.6 Å². The maximum absolute atomic E-state index is 15.5. The van der Waals surface area contributed by atoms with Gasteiger partial charge < -0.3 is 19.7 Å². The number of ether oxygens (including phenoxy) is 2. The first-order valence-corrected chi connectivity index (χ1v) is 11.8. The van der Waals surface area contributed by atoms with Crippen molar-refractivity contribution in [2.45, 2.75) is 30.7 Å². The minimum Gasteiger partial charge on any atom is -0.468 e. The van der Waals surface area contributed by atoms with Gasteiger partial charge in [-0.3, -0.25) is 9.69 Å². The second-order valence-electron chi connectivity index (χ2n) is 9.12. The molecule has 2 saturated heterocycles. The van der Waals surface area contributed by atoms with E-state index in [2.05, 4.69) is 20.0 Å². The zero-order valence-electron chi connectivity index (χ0n) is 20.2. The topological polar surface area (TPSA) is 79.8 Å². The summed E-state index contributed by atoms with van der Waals surface area (Å²) in [6.45, 7) is 1.27. The summed E-state index contributed by atoms with van der Waals surface area (Å²) in [5.74, 6) is -1.39. The monoisotopic (exact) mass is 529 g/mol. The molecule has 1 aromatic heterocycles. The van der Waals surface area contributed by atoms with E-state index in [1.807, 2.05) is 0 Å². The number of morpholine rings is 1. The van der Waals surface area contributed by atoms with Gasteiger partial charge in [0.05, 0.1) is 45.0 Å². The minimum atomic E-state index is -4.47. The Balaban J connectivity index is 1.45. The molecule has 0 amide bonds. The smallest absolute Gasteiger partial charge is 0.416 e. The number of alkyl halides is 4. The average molecular weight is 530 g/mol. The normalized spacial score (nSPS) is 20.5. The summed E-state index contributed by atoms with van der Waals surface area (Å²) in [5.41, 5.74) is -1.89. The van der Waals surface area contributed by atoms with Crippen molar-refractivity contribution < 1.29 is 36.2 Å². The zero-order valence-corrected chi connectivity index (χ0v) is 20.2. The summed E-state index contributed by atoms with van der Waals surface area (Å²) < 4.78 is 79.9. The highest BCUT2D eigenvalue weighted by Gasteiger charge is 2.36. The number of rotatable bonds is 7. The number of piperidine rings is 1. The number of hydrogen-bond acceptors (Lipinski definition) is 8. The number of hydrogen-bond donors (Lipinski definition) is 1. The fraction of sp³-hybridized carbons (Fsp3) is 0.542. The molecule has 0 unspecified atom stereocenters. The third kappa shape index (κ3) is 6.45. The first-order chi connectivity index (χ1) is 17.6. The second kappa shape index (κ2) is 11.1. The molecule has 0 radical (unpaired) electrons. The molecule has 13 heteroatoms. The lowest BCUT2D eigenvalue weighted by atomic mass is 9.93. The molecular weight excluding hydrogens is 501 g/mol. The molecule has 0 saturated carbocycles. The van der Waals surface area contributed by atoms with E-state index >= 15 is 8.78 Å². The maximum Gasteiger partial charge on any atom is 0.416 e. The van der Waals surface area contributed by atoms with Gasteiger partial charge in [0.25, 0.3) is 0 Å². The van der Waals surface area contributed by atoms with Gasteiger partial charge in [0.1, 0.15) is 12.0 Å². The molecule has 0 aliphatic carbocycles. The quantitative estimate of drug-likeness (QED) is 0.431. The molecule has 2 fully saturated rings. The van der Waals surface area contributed by atoms with Crippen LogP contribution in [-0.2, 0) is 20.4 Å². The van der Waals surface area contributed by atoms with Crippen LogP contribution in [0.5, 0.6) is 0 Å². The number of likely N-dealkylation sites (tertiary alicyclic amines) is 1. The van der Waals surface area contributed by atoms with E-state index in [-0.39, 0.29) is 57.3 Å². The maximum atomic E-state index is 15.5. The number of benzene rings is 1. The van der Waals surface area contributed by atoms with Crippen LogP contribution in [0.15, 0.2) is 30.6 Å². The van der Waals surface area contributed by atoms with Gasteiger partial charge in [0, 0.05) is 19.6 Å². The van der Waals surface area contributed by atoms with Crippen molar-refractivity contribution in [2.75, 3.05) is 63.3 Å². The van der Waals surface area contributed by atoms with Gasteiger partial charge >= 0.3 is 12.1 Å². The Bertz CT molecular complexity index is 1080. The molecule has 0 spiro atoms. The highest BCUT2D eigenvalue weighted by molar-refractivity contribution is 5.71. The highest BCUT2D eigenvalue weighted by atomic mass is 19.4. The van der Waals surface area contributed by atoms with Gasteiger partial charge in [-0.2, -0.15) is 17.6 Å². The third-order valence-corrected chi connectivity index (χ3v) is 6.70. The van der Waals surface area contributed by atoms with Crippen LogP contribution in [0.25, 0.3) is 0 Å². The number of nitrogens with zero attached hydrogens (tertiary/aromatic N) is 4. The largest absolute Gasteiger partial charge is 0.468 e. The lowest BCUT2D eigenvalue weighted by Crippen LogP contribution is -2.47. The highest BCUT2D eigenvalue weighted by Crippen LogP contribution is 2.35. The molecule has 1 atom stereocenters.